The zero-order chi connectivity index (χ0) is 17.6. The number of esters is 1. The Morgan fingerprint density at radius 3 is 2.52 bits per heavy atom. The number of ether oxygens (including phenoxy) is 1. The molecule has 0 aliphatic carbocycles. The number of hydrogen-bond acceptors (Lipinski definition) is 5. The van der Waals surface area contributed by atoms with Crippen molar-refractivity contribution in [2.45, 2.75) is 44.0 Å². The fourth-order valence-corrected chi connectivity index (χ4v) is 3.44. The first-order valence-electron chi connectivity index (χ1n) is 7.17. The highest BCUT2D eigenvalue weighted by atomic mass is 32.2. The molecule has 8 heteroatoms. The monoisotopic (exact) mass is 343 g/mol. The highest BCUT2D eigenvalue weighted by molar-refractivity contribution is 7.89. The molecule has 0 aliphatic heterocycles. The molecule has 2 N–H and O–H groups in total. The van der Waals surface area contributed by atoms with Gasteiger partial charge in [0.1, 0.15) is 6.04 Å². The maximum Gasteiger partial charge on any atom is 0.339 e. The molecule has 0 aliphatic rings. The van der Waals surface area contributed by atoms with Crippen LogP contribution in [0.4, 0.5) is 0 Å². The van der Waals surface area contributed by atoms with E-state index in [0.29, 0.717) is 12.0 Å². The lowest BCUT2D eigenvalue weighted by molar-refractivity contribution is -0.139. The number of carbonyl (C=O) groups excluding carboxylic acids is 1. The topological polar surface area (TPSA) is 110 Å². The summed E-state index contributed by atoms with van der Waals surface area (Å²) in [7, 11) is -3.02. The Bertz CT molecular complexity index is 683. The Morgan fingerprint density at radius 1 is 1.35 bits per heavy atom. The number of benzene rings is 1. The predicted molar refractivity (Wildman–Crippen MR) is 83.8 cm³/mol. The number of carboxylic acids is 1. The molecular weight excluding hydrogens is 322 g/mol. The zero-order valence-electron chi connectivity index (χ0n) is 13.3. The number of sulfonamides is 1. The van der Waals surface area contributed by atoms with Crippen LogP contribution in [-0.2, 0) is 19.6 Å². The van der Waals surface area contributed by atoms with E-state index in [1.54, 1.807) is 6.92 Å². The van der Waals surface area contributed by atoms with Gasteiger partial charge in [-0.1, -0.05) is 31.4 Å². The molecule has 0 radical (unpaired) electrons. The molecule has 1 aromatic carbocycles. The van der Waals surface area contributed by atoms with Gasteiger partial charge in [-0.05, 0) is 25.5 Å². The van der Waals surface area contributed by atoms with Crippen molar-refractivity contribution in [2.75, 3.05) is 7.11 Å². The van der Waals surface area contributed by atoms with E-state index in [1.807, 2.05) is 6.92 Å². The molecule has 0 spiro atoms. The van der Waals surface area contributed by atoms with Crippen molar-refractivity contribution in [1.29, 1.82) is 0 Å². The molecule has 7 nitrogen and oxygen atoms in total. The summed E-state index contributed by atoms with van der Waals surface area (Å²) in [5.41, 5.74) is 0.560. The summed E-state index contributed by atoms with van der Waals surface area (Å²) in [6.07, 6.45) is 1.48. The molecule has 0 amide bonds. The van der Waals surface area contributed by atoms with Crippen molar-refractivity contribution >= 4 is 22.0 Å². The molecule has 23 heavy (non-hydrogen) atoms. The number of nitrogens with one attached hydrogen (secondary N) is 1. The van der Waals surface area contributed by atoms with Crippen LogP contribution >= 0.6 is 0 Å². The van der Waals surface area contributed by atoms with E-state index < -0.39 is 28.0 Å². The number of methoxy groups -OCH3 is 1. The van der Waals surface area contributed by atoms with E-state index in [2.05, 4.69) is 9.46 Å². The number of unbranched alkanes of at least 4 members (excludes halogenated alkanes) is 1. The zero-order valence-corrected chi connectivity index (χ0v) is 14.1. The minimum Gasteiger partial charge on any atom is -0.480 e. The van der Waals surface area contributed by atoms with Crippen LogP contribution in [0.1, 0.15) is 42.1 Å². The van der Waals surface area contributed by atoms with Gasteiger partial charge in [0.15, 0.2) is 0 Å². The number of carboxylic acid groups (broad SMARTS) is 1. The van der Waals surface area contributed by atoms with Crippen LogP contribution in [0, 0.1) is 6.92 Å². The third-order valence-corrected chi connectivity index (χ3v) is 4.80. The molecular formula is C15H21NO6S. The van der Waals surface area contributed by atoms with Crippen LogP contribution in [0.5, 0.6) is 0 Å². The van der Waals surface area contributed by atoms with Gasteiger partial charge in [-0.2, -0.15) is 4.72 Å². The summed E-state index contributed by atoms with van der Waals surface area (Å²) in [4.78, 5) is 22.7. The van der Waals surface area contributed by atoms with Gasteiger partial charge in [-0.3, -0.25) is 4.79 Å². The quantitative estimate of drug-likeness (QED) is 0.695. The molecule has 128 valence electrons. The number of carbonyl (C=O) groups is 2. The standard InChI is InChI=1S/C15H21NO6S/c1-4-5-6-12(14(17)18)16-23(20,21)13-8-7-10(2)9-11(13)15(19)22-3/h7-9,12,16H,4-6H2,1-3H3,(H,17,18). The van der Waals surface area contributed by atoms with Crippen molar-refractivity contribution in [1.82, 2.24) is 4.72 Å². The van der Waals surface area contributed by atoms with Crippen LogP contribution in [0.15, 0.2) is 23.1 Å². The van der Waals surface area contributed by atoms with Crippen molar-refractivity contribution in [3.8, 4) is 0 Å². The average molecular weight is 343 g/mol. The molecule has 0 aromatic heterocycles. The van der Waals surface area contributed by atoms with E-state index in [4.69, 9.17) is 5.11 Å². The van der Waals surface area contributed by atoms with Crippen molar-refractivity contribution < 1.29 is 27.9 Å². The van der Waals surface area contributed by atoms with E-state index >= 15 is 0 Å². The second-order valence-electron chi connectivity index (χ2n) is 5.15. The van der Waals surface area contributed by atoms with Crippen LogP contribution in [0.2, 0.25) is 0 Å². The van der Waals surface area contributed by atoms with Crippen LogP contribution < -0.4 is 4.72 Å². The van der Waals surface area contributed by atoms with E-state index in [-0.39, 0.29) is 16.9 Å². The Hall–Kier alpha value is -1.93. The summed E-state index contributed by atoms with van der Waals surface area (Å²) in [6, 6.07) is 2.94. The fourth-order valence-electron chi connectivity index (χ4n) is 2.04. The minimum atomic E-state index is -4.17. The number of aryl methyl sites for hydroxylation is 1. The summed E-state index contributed by atoms with van der Waals surface area (Å²) < 4.78 is 31.7. The normalized spacial score (nSPS) is 12.7. The second-order valence-corrected chi connectivity index (χ2v) is 6.83. The molecule has 1 rings (SSSR count). The lowest BCUT2D eigenvalue weighted by Gasteiger charge is -2.16. The first kappa shape index (κ1) is 19.1. The highest BCUT2D eigenvalue weighted by Gasteiger charge is 2.28. The maximum atomic E-state index is 12.5. The van der Waals surface area contributed by atoms with Crippen molar-refractivity contribution in [3.63, 3.8) is 0 Å². The fraction of sp³-hybridized carbons (Fsp3) is 0.467. The lowest BCUT2D eigenvalue weighted by Crippen LogP contribution is -2.41. The van der Waals surface area contributed by atoms with Crippen LogP contribution in [-0.4, -0.2) is 38.6 Å². The molecule has 0 heterocycles. The Balaban J connectivity index is 3.22. The third kappa shape index (κ3) is 5.04. The largest absolute Gasteiger partial charge is 0.480 e. The van der Waals surface area contributed by atoms with Crippen molar-refractivity contribution in [3.05, 3.63) is 29.3 Å². The van der Waals surface area contributed by atoms with Gasteiger partial charge in [-0.15, -0.1) is 0 Å². The van der Waals surface area contributed by atoms with Gasteiger partial charge in [0.25, 0.3) is 0 Å². The summed E-state index contributed by atoms with van der Waals surface area (Å²) in [6.45, 7) is 3.58. The molecule has 0 saturated carbocycles. The van der Waals surface area contributed by atoms with E-state index in [9.17, 15) is 18.0 Å². The Labute approximate surface area is 135 Å². The maximum absolute atomic E-state index is 12.5. The number of rotatable bonds is 8. The van der Waals surface area contributed by atoms with Gasteiger partial charge >= 0.3 is 11.9 Å². The van der Waals surface area contributed by atoms with E-state index in [0.717, 1.165) is 13.5 Å². The van der Waals surface area contributed by atoms with Gasteiger partial charge in [0.2, 0.25) is 10.0 Å². The van der Waals surface area contributed by atoms with Crippen molar-refractivity contribution in [2.24, 2.45) is 0 Å². The Morgan fingerprint density at radius 2 is 2.00 bits per heavy atom. The average Bonchev–Trinajstić information content (AvgIpc) is 2.49. The van der Waals surface area contributed by atoms with Crippen LogP contribution in [0.3, 0.4) is 0 Å². The second kappa shape index (κ2) is 8.07. The molecule has 1 aromatic rings. The third-order valence-electron chi connectivity index (χ3n) is 3.27. The minimum absolute atomic E-state index is 0.125. The Kier molecular flexibility index (Phi) is 6.71. The summed E-state index contributed by atoms with van der Waals surface area (Å²) in [5, 5.41) is 9.16. The SMILES string of the molecule is CCCCC(NS(=O)(=O)c1ccc(C)cc1C(=O)OC)C(=O)O. The molecule has 1 unspecified atom stereocenters. The molecule has 1 atom stereocenters. The number of aliphatic carboxylic acids is 1. The summed E-state index contributed by atoms with van der Waals surface area (Å²) >= 11 is 0. The molecule has 0 fully saturated rings. The first-order valence-corrected chi connectivity index (χ1v) is 8.65. The predicted octanol–water partition coefficient (Wildman–Crippen LogP) is 1.70. The lowest BCUT2D eigenvalue weighted by atomic mass is 10.1. The molecule has 0 bridgehead atoms. The van der Waals surface area contributed by atoms with Crippen LogP contribution in [0.25, 0.3) is 0 Å². The smallest absolute Gasteiger partial charge is 0.339 e. The summed E-state index contributed by atoms with van der Waals surface area (Å²) in [5.74, 6) is -2.05. The van der Waals surface area contributed by atoms with Gasteiger partial charge in [0.05, 0.1) is 17.6 Å². The van der Waals surface area contributed by atoms with Gasteiger partial charge < -0.3 is 9.84 Å². The van der Waals surface area contributed by atoms with Gasteiger partial charge in [-0.25, -0.2) is 13.2 Å². The number of hydrogen-bond donors (Lipinski definition) is 2. The first-order chi connectivity index (χ1) is 10.7. The van der Waals surface area contributed by atoms with Gasteiger partial charge in [0, 0.05) is 0 Å². The van der Waals surface area contributed by atoms with E-state index in [1.165, 1.54) is 18.2 Å². The highest BCUT2D eigenvalue weighted by Crippen LogP contribution is 2.19. The molecule has 0 saturated heterocycles.